The standard InChI is InChI=1S/C20H21N2O2S/c1-14-9-10-16-17(23)18(25-11-5-6-12-25)20(24)22(19(16)21-14)13-15-7-3-2-4-8-15/h2-4,7-10,18H,5-6,11-13H2,1H3/q+1. The Balaban J connectivity index is 1.77. The zero-order valence-corrected chi connectivity index (χ0v) is 15.1. The van der Waals surface area contributed by atoms with E-state index in [0.29, 0.717) is 17.9 Å². The summed E-state index contributed by atoms with van der Waals surface area (Å²) < 4.78 is 0. The van der Waals surface area contributed by atoms with Gasteiger partial charge in [0.2, 0.25) is 5.78 Å². The van der Waals surface area contributed by atoms with Crippen molar-refractivity contribution in [3.8, 4) is 0 Å². The molecule has 0 saturated carbocycles. The molecular formula is C20H21N2O2S+. The van der Waals surface area contributed by atoms with Crippen LogP contribution >= 0.6 is 0 Å². The van der Waals surface area contributed by atoms with E-state index in [0.717, 1.165) is 35.6 Å². The number of Topliss-reactive ketones (excluding diaryl/α,β-unsaturated/α-hetero) is 1. The fourth-order valence-electron chi connectivity index (χ4n) is 3.57. The highest BCUT2D eigenvalue weighted by molar-refractivity contribution is 7.99. The number of hydrogen-bond donors (Lipinski definition) is 0. The van der Waals surface area contributed by atoms with Crippen molar-refractivity contribution in [1.29, 1.82) is 0 Å². The predicted molar refractivity (Wildman–Crippen MR) is 101 cm³/mol. The number of carbonyl (C=O) groups excluding carboxylic acids is 2. The molecule has 1 aromatic carbocycles. The molecular weight excluding hydrogens is 332 g/mol. The second kappa shape index (κ2) is 6.64. The second-order valence-corrected chi connectivity index (χ2v) is 8.99. The van der Waals surface area contributed by atoms with Crippen LogP contribution in [0.25, 0.3) is 0 Å². The van der Waals surface area contributed by atoms with Crippen LogP contribution in [0.15, 0.2) is 42.5 Å². The van der Waals surface area contributed by atoms with Gasteiger partial charge in [0.15, 0.2) is 0 Å². The van der Waals surface area contributed by atoms with E-state index in [2.05, 4.69) is 4.98 Å². The summed E-state index contributed by atoms with van der Waals surface area (Å²) in [6.45, 7) is 2.35. The van der Waals surface area contributed by atoms with Crippen LogP contribution in [-0.2, 0) is 22.2 Å². The molecule has 1 unspecified atom stereocenters. The number of aryl methyl sites for hydroxylation is 1. The Hall–Kier alpha value is -2.14. The maximum atomic E-state index is 13.3. The number of anilines is 1. The third-order valence-electron chi connectivity index (χ3n) is 4.84. The van der Waals surface area contributed by atoms with Gasteiger partial charge in [0.05, 0.1) is 12.1 Å². The Morgan fingerprint density at radius 3 is 2.52 bits per heavy atom. The lowest BCUT2D eigenvalue weighted by Crippen LogP contribution is -2.52. The van der Waals surface area contributed by atoms with E-state index in [9.17, 15) is 9.59 Å². The van der Waals surface area contributed by atoms with Gasteiger partial charge in [0.1, 0.15) is 17.3 Å². The van der Waals surface area contributed by atoms with Crippen LogP contribution in [0.5, 0.6) is 0 Å². The van der Waals surface area contributed by atoms with Crippen LogP contribution in [0.4, 0.5) is 5.82 Å². The number of aromatic nitrogens is 1. The van der Waals surface area contributed by atoms with E-state index >= 15 is 0 Å². The van der Waals surface area contributed by atoms with Gasteiger partial charge in [-0.1, -0.05) is 30.3 Å². The number of rotatable bonds is 3. The molecule has 5 heteroatoms. The largest absolute Gasteiger partial charge is 0.289 e. The Morgan fingerprint density at radius 2 is 1.80 bits per heavy atom. The average Bonchev–Trinajstić information content (AvgIpc) is 3.14. The topological polar surface area (TPSA) is 50.3 Å². The molecule has 0 bridgehead atoms. The SMILES string of the molecule is Cc1ccc2c(n1)N(Cc1ccccc1)C(=O)C([S+]1CCCC1)C2=O. The van der Waals surface area contributed by atoms with Crippen LogP contribution in [0.3, 0.4) is 0 Å². The first kappa shape index (κ1) is 16.3. The van der Waals surface area contributed by atoms with Crippen LogP contribution < -0.4 is 4.90 Å². The van der Waals surface area contributed by atoms with E-state index in [-0.39, 0.29) is 22.6 Å². The van der Waals surface area contributed by atoms with Gasteiger partial charge in [0, 0.05) is 16.6 Å². The minimum Gasteiger partial charge on any atom is -0.288 e. The highest BCUT2D eigenvalue weighted by Gasteiger charge is 2.51. The Bertz CT molecular complexity index is 816. The number of nitrogens with zero attached hydrogens (tertiary/aromatic N) is 2. The smallest absolute Gasteiger partial charge is 0.288 e. The molecule has 1 amide bonds. The minimum absolute atomic E-state index is 0.0259. The van der Waals surface area contributed by atoms with E-state index in [1.807, 2.05) is 49.4 Å². The summed E-state index contributed by atoms with van der Waals surface area (Å²) in [5, 5.41) is -0.511. The van der Waals surface area contributed by atoms with E-state index in [4.69, 9.17) is 0 Å². The number of amides is 1. The number of ketones is 1. The number of benzene rings is 1. The normalized spacial score (nSPS) is 20.8. The number of carbonyl (C=O) groups is 2. The molecule has 2 aromatic rings. The van der Waals surface area contributed by atoms with Crippen molar-refractivity contribution < 1.29 is 9.59 Å². The van der Waals surface area contributed by atoms with Crippen LogP contribution in [0.1, 0.15) is 34.5 Å². The Labute approximate surface area is 150 Å². The maximum Gasteiger partial charge on any atom is 0.289 e. The molecule has 4 nitrogen and oxygen atoms in total. The molecule has 4 rings (SSSR count). The zero-order valence-electron chi connectivity index (χ0n) is 14.3. The summed E-state index contributed by atoms with van der Waals surface area (Å²) in [5.41, 5.74) is 2.47. The van der Waals surface area contributed by atoms with E-state index in [1.165, 1.54) is 0 Å². The molecule has 2 aliphatic heterocycles. The molecule has 1 atom stereocenters. The van der Waals surface area contributed by atoms with Gasteiger partial charge < -0.3 is 0 Å². The molecule has 0 N–H and O–H groups in total. The predicted octanol–water partition coefficient (Wildman–Crippen LogP) is 2.90. The molecule has 0 aliphatic carbocycles. The minimum atomic E-state index is -0.511. The van der Waals surface area contributed by atoms with Crippen LogP contribution in [-0.4, -0.2) is 33.4 Å². The van der Waals surface area contributed by atoms with Crippen molar-refractivity contribution in [3.05, 3.63) is 59.3 Å². The highest BCUT2D eigenvalue weighted by atomic mass is 32.2. The summed E-state index contributed by atoms with van der Waals surface area (Å²) in [7, 11) is -0.134. The number of fused-ring (bicyclic) bond motifs is 1. The summed E-state index contributed by atoms with van der Waals surface area (Å²) in [5.74, 6) is 2.43. The van der Waals surface area contributed by atoms with Crippen molar-refractivity contribution >= 4 is 28.4 Å². The third kappa shape index (κ3) is 2.97. The third-order valence-corrected chi connectivity index (χ3v) is 7.55. The molecule has 1 aromatic heterocycles. The molecule has 128 valence electrons. The molecule has 2 aliphatic rings. The lowest BCUT2D eigenvalue weighted by molar-refractivity contribution is -0.117. The van der Waals surface area contributed by atoms with Gasteiger partial charge in [0.25, 0.3) is 11.2 Å². The van der Waals surface area contributed by atoms with E-state index in [1.54, 1.807) is 4.90 Å². The maximum absolute atomic E-state index is 13.3. The van der Waals surface area contributed by atoms with Crippen molar-refractivity contribution in [2.24, 2.45) is 0 Å². The zero-order chi connectivity index (χ0) is 17.4. The van der Waals surface area contributed by atoms with Gasteiger partial charge in [-0.2, -0.15) is 0 Å². The van der Waals surface area contributed by atoms with Crippen molar-refractivity contribution in [1.82, 2.24) is 4.98 Å². The molecule has 0 spiro atoms. The first-order valence-corrected chi connectivity index (χ1v) is 10.3. The van der Waals surface area contributed by atoms with Gasteiger partial charge in [-0.3, -0.25) is 14.5 Å². The van der Waals surface area contributed by atoms with Crippen molar-refractivity contribution in [3.63, 3.8) is 0 Å². The van der Waals surface area contributed by atoms with Crippen molar-refractivity contribution in [2.45, 2.75) is 31.6 Å². The Morgan fingerprint density at radius 1 is 1.08 bits per heavy atom. The summed E-state index contributed by atoms with van der Waals surface area (Å²) in [4.78, 5) is 32.6. The summed E-state index contributed by atoms with van der Waals surface area (Å²) in [6, 6.07) is 13.6. The van der Waals surface area contributed by atoms with Crippen LogP contribution in [0.2, 0.25) is 0 Å². The van der Waals surface area contributed by atoms with E-state index < -0.39 is 5.25 Å². The summed E-state index contributed by atoms with van der Waals surface area (Å²) >= 11 is 0. The van der Waals surface area contributed by atoms with Crippen LogP contribution in [0, 0.1) is 6.92 Å². The number of hydrogen-bond acceptors (Lipinski definition) is 3. The molecule has 1 fully saturated rings. The molecule has 3 heterocycles. The lowest BCUT2D eigenvalue weighted by Gasteiger charge is -2.31. The van der Waals surface area contributed by atoms with Gasteiger partial charge >= 0.3 is 0 Å². The molecule has 25 heavy (non-hydrogen) atoms. The fourth-order valence-corrected chi connectivity index (χ4v) is 6.23. The summed E-state index contributed by atoms with van der Waals surface area (Å²) in [6.07, 6.45) is 2.25. The second-order valence-electron chi connectivity index (χ2n) is 6.63. The molecule has 0 radical (unpaired) electrons. The molecule has 1 saturated heterocycles. The highest BCUT2D eigenvalue weighted by Crippen LogP contribution is 2.33. The van der Waals surface area contributed by atoms with Gasteiger partial charge in [-0.15, -0.1) is 0 Å². The van der Waals surface area contributed by atoms with Gasteiger partial charge in [-0.25, -0.2) is 4.98 Å². The number of pyridine rings is 1. The lowest BCUT2D eigenvalue weighted by atomic mass is 10.0. The first-order valence-electron chi connectivity index (χ1n) is 8.68. The first-order chi connectivity index (χ1) is 12.1. The Kier molecular flexibility index (Phi) is 4.34. The average molecular weight is 353 g/mol. The van der Waals surface area contributed by atoms with Crippen molar-refractivity contribution in [2.75, 3.05) is 16.4 Å². The quantitative estimate of drug-likeness (QED) is 0.630. The van der Waals surface area contributed by atoms with Gasteiger partial charge in [-0.05, 0) is 37.5 Å². The monoisotopic (exact) mass is 353 g/mol. The fraction of sp³-hybridized carbons (Fsp3) is 0.350.